The Labute approximate surface area is 220 Å². The number of nitrogens with one attached hydrogen (secondary N) is 2. The molecular weight excluding hydrogens is 480 g/mol. The summed E-state index contributed by atoms with van der Waals surface area (Å²) >= 11 is 0. The van der Waals surface area contributed by atoms with Crippen LogP contribution in [0, 0.1) is 5.92 Å². The molecule has 1 unspecified atom stereocenters. The molecule has 2 aliphatic heterocycles. The predicted octanol–water partition coefficient (Wildman–Crippen LogP) is 4.16. The Morgan fingerprint density at radius 3 is 2.95 bits per heavy atom. The molecular formula is C27H32N10O. The van der Waals surface area contributed by atoms with E-state index in [2.05, 4.69) is 53.9 Å². The van der Waals surface area contributed by atoms with Gasteiger partial charge in [0.25, 0.3) is 5.91 Å². The molecule has 38 heavy (non-hydrogen) atoms. The zero-order valence-corrected chi connectivity index (χ0v) is 22.1. The number of benzene rings is 1. The summed E-state index contributed by atoms with van der Waals surface area (Å²) in [7, 11) is 1.86. The van der Waals surface area contributed by atoms with Crippen molar-refractivity contribution in [1.29, 1.82) is 0 Å². The number of pyridine rings is 1. The Balaban J connectivity index is 1.28. The molecule has 5 heterocycles. The maximum absolute atomic E-state index is 13.5. The predicted molar refractivity (Wildman–Crippen MR) is 147 cm³/mol. The lowest BCUT2D eigenvalue weighted by Crippen LogP contribution is -2.35. The average Bonchev–Trinajstić information content (AvgIpc) is 3.60. The van der Waals surface area contributed by atoms with Gasteiger partial charge in [0.2, 0.25) is 5.95 Å². The molecule has 2 N–H and O–H groups in total. The zero-order chi connectivity index (χ0) is 26.4. The molecule has 1 amide bonds. The summed E-state index contributed by atoms with van der Waals surface area (Å²) < 4.78 is 1.66. The van der Waals surface area contributed by atoms with Gasteiger partial charge >= 0.3 is 0 Å². The molecule has 3 aromatic heterocycles. The summed E-state index contributed by atoms with van der Waals surface area (Å²) in [6, 6.07) is 9.61. The summed E-state index contributed by atoms with van der Waals surface area (Å²) in [5.74, 6) is 2.13. The summed E-state index contributed by atoms with van der Waals surface area (Å²) in [4.78, 5) is 22.3. The van der Waals surface area contributed by atoms with Gasteiger partial charge in [-0.3, -0.25) is 9.89 Å². The third kappa shape index (κ3) is 4.07. The Hall–Kier alpha value is -4.28. The first kappa shape index (κ1) is 24.1. The van der Waals surface area contributed by atoms with Gasteiger partial charge in [0.1, 0.15) is 11.5 Å². The molecule has 2 aliphatic rings. The monoisotopic (exact) mass is 512 g/mol. The van der Waals surface area contributed by atoms with E-state index in [1.807, 2.05) is 56.3 Å². The summed E-state index contributed by atoms with van der Waals surface area (Å²) in [5.41, 5.74) is 4.86. The minimum Gasteiger partial charge on any atom is -0.356 e. The van der Waals surface area contributed by atoms with Crippen molar-refractivity contribution in [3.8, 4) is 11.3 Å². The van der Waals surface area contributed by atoms with Crippen LogP contribution in [0.1, 0.15) is 46.1 Å². The number of rotatable bonds is 5. The number of carbonyl (C=O) groups excluding carboxylic acids is 1. The topological polar surface area (TPSA) is 121 Å². The fourth-order valence-electron chi connectivity index (χ4n) is 5.62. The first-order chi connectivity index (χ1) is 18.4. The highest BCUT2D eigenvalue weighted by atomic mass is 16.1. The van der Waals surface area contributed by atoms with Crippen LogP contribution in [0.3, 0.4) is 0 Å². The molecule has 4 aromatic rings. The van der Waals surface area contributed by atoms with Gasteiger partial charge in [0, 0.05) is 48.7 Å². The van der Waals surface area contributed by atoms with E-state index < -0.39 is 0 Å². The van der Waals surface area contributed by atoms with E-state index in [4.69, 9.17) is 0 Å². The van der Waals surface area contributed by atoms with E-state index in [-0.39, 0.29) is 11.9 Å². The number of carbonyl (C=O) groups is 1. The third-order valence-corrected chi connectivity index (χ3v) is 7.96. The van der Waals surface area contributed by atoms with Crippen molar-refractivity contribution in [3.63, 3.8) is 0 Å². The standard InChI is InChI=1S/C27H32N10O/c1-5-18-7-6-12-36(15-18)23-13-19(10-11-28-23)25-21-14-20(8-9-22(21)30-31-25)29-26(38)24-16(2)35(4)27-32-33-34-37(27)17(24)3/h8-11,13-14,17-18H,5-7,12,15H2,1-4H3,(H,29,38)(H,30,31)/t17?,18-/m0/s1. The number of nitrogens with zero attached hydrogens (tertiary/aromatic N) is 8. The number of piperidine rings is 1. The second kappa shape index (κ2) is 9.55. The van der Waals surface area contributed by atoms with Crippen LogP contribution in [0.5, 0.6) is 0 Å². The van der Waals surface area contributed by atoms with Crippen molar-refractivity contribution in [3.05, 3.63) is 47.8 Å². The number of allylic oxidation sites excluding steroid dienone is 1. The highest BCUT2D eigenvalue weighted by molar-refractivity contribution is 6.07. The van der Waals surface area contributed by atoms with Crippen molar-refractivity contribution in [2.75, 3.05) is 35.3 Å². The maximum Gasteiger partial charge on any atom is 0.255 e. The summed E-state index contributed by atoms with van der Waals surface area (Å²) in [6.07, 6.45) is 5.53. The van der Waals surface area contributed by atoms with Crippen molar-refractivity contribution in [2.45, 2.75) is 46.1 Å². The lowest BCUT2D eigenvalue weighted by molar-refractivity contribution is -0.113. The lowest BCUT2D eigenvalue weighted by atomic mass is 9.95. The van der Waals surface area contributed by atoms with E-state index in [0.717, 1.165) is 46.8 Å². The number of amides is 1. The van der Waals surface area contributed by atoms with E-state index in [0.29, 0.717) is 23.1 Å². The minimum atomic E-state index is -0.290. The number of aromatic amines is 1. The summed E-state index contributed by atoms with van der Waals surface area (Å²) in [6.45, 7) is 8.17. The van der Waals surface area contributed by atoms with Gasteiger partial charge in [-0.1, -0.05) is 18.4 Å². The third-order valence-electron chi connectivity index (χ3n) is 7.96. The molecule has 2 atom stereocenters. The molecule has 6 rings (SSSR count). The SMILES string of the molecule is CC[C@H]1CCCN(c2cc(-c3n[nH]c4ccc(NC(=O)C5=C(C)N(C)c6nnnn6C5C)cc34)ccn2)C1. The largest absolute Gasteiger partial charge is 0.356 e. The number of H-pyrrole nitrogens is 1. The Bertz CT molecular complexity index is 1540. The second-order valence-electron chi connectivity index (χ2n) is 10.2. The average molecular weight is 513 g/mol. The fourth-order valence-corrected chi connectivity index (χ4v) is 5.62. The summed E-state index contributed by atoms with van der Waals surface area (Å²) in [5, 5.41) is 23.7. The van der Waals surface area contributed by atoms with Crippen molar-refractivity contribution in [2.24, 2.45) is 5.92 Å². The highest BCUT2D eigenvalue weighted by Crippen LogP contribution is 2.34. The van der Waals surface area contributed by atoms with E-state index in [9.17, 15) is 4.79 Å². The zero-order valence-electron chi connectivity index (χ0n) is 22.1. The first-order valence-corrected chi connectivity index (χ1v) is 13.2. The number of tetrazole rings is 1. The molecule has 0 spiro atoms. The number of hydrogen-bond acceptors (Lipinski definition) is 8. The van der Waals surface area contributed by atoms with Gasteiger partial charge in [-0.15, -0.1) is 0 Å². The van der Waals surface area contributed by atoms with E-state index >= 15 is 0 Å². The van der Waals surface area contributed by atoms with Crippen LogP contribution < -0.4 is 15.1 Å². The minimum absolute atomic E-state index is 0.186. The van der Waals surface area contributed by atoms with Gasteiger partial charge in [0.15, 0.2) is 0 Å². The normalized spacial score (nSPS) is 19.7. The van der Waals surface area contributed by atoms with Gasteiger partial charge in [0.05, 0.1) is 17.1 Å². The van der Waals surface area contributed by atoms with Crippen LogP contribution in [0.15, 0.2) is 47.8 Å². The molecule has 0 bridgehead atoms. The molecule has 11 heteroatoms. The molecule has 196 valence electrons. The first-order valence-electron chi connectivity index (χ1n) is 13.2. The van der Waals surface area contributed by atoms with Crippen molar-refractivity contribution >= 4 is 34.3 Å². The number of fused-ring (bicyclic) bond motifs is 2. The van der Waals surface area contributed by atoms with Gasteiger partial charge < -0.3 is 15.1 Å². The van der Waals surface area contributed by atoms with Crippen LogP contribution in [0.25, 0.3) is 22.2 Å². The van der Waals surface area contributed by atoms with Crippen LogP contribution in [0.4, 0.5) is 17.5 Å². The van der Waals surface area contributed by atoms with Crippen molar-refractivity contribution < 1.29 is 4.79 Å². The van der Waals surface area contributed by atoms with Crippen molar-refractivity contribution in [1.82, 2.24) is 35.4 Å². The Kier molecular flexibility index (Phi) is 6.05. The smallest absolute Gasteiger partial charge is 0.255 e. The maximum atomic E-state index is 13.5. The van der Waals surface area contributed by atoms with Crippen LogP contribution in [-0.2, 0) is 4.79 Å². The Morgan fingerprint density at radius 2 is 2.11 bits per heavy atom. The molecule has 1 fully saturated rings. The molecule has 1 saturated heterocycles. The van der Waals surface area contributed by atoms with Crippen LogP contribution in [0.2, 0.25) is 0 Å². The number of hydrogen-bond donors (Lipinski definition) is 2. The highest BCUT2D eigenvalue weighted by Gasteiger charge is 2.32. The fraction of sp³-hybridized carbons (Fsp3) is 0.407. The van der Waals surface area contributed by atoms with Crippen LogP contribution in [-0.4, -0.2) is 61.4 Å². The molecule has 0 aliphatic carbocycles. The molecule has 1 aromatic carbocycles. The number of anilines is 3. The Morgan fingerprint density at radius 1 is 1.24 bits per heavy atom. The van der Waals surface area contributed by atoms with Crippen LogP contribution >= 0.6 is 0 Å². The quantitative estimate of drug-likeness (QED) is 0.409. The molecule has 0 radical (unpaired) electrons. The number of aromatic nitrogens is 7. The van der Waals surface area contributed by atoms with E-state index in [1.54, 1.807) is 4.68 Å². The lowest BCUT2D eigenvalue weighted by Gasteiger charge is -2.33. The molecule has 0 saturated carbocycles. The molecule has 11 nitrogen and oxygen atoms in total. The second-order valence-corrected chi connectivity index (χ2v) is 10.2. The van der Waals surface area contributed by atoms with E-state index in [1.165, 1.54) is 19.3 Å². The van der Waals surface area contributed by atoms with Gasteiger partial charge in [-0.25, -0.2) is 9.67 Å². The van der Waals surface area contributed by atoms with Gasteiger partial charge in [-0.05, 0) is 73.4 Å². The van der Waals surface area contributed by atoms with Gasteiger partial charge in [-0.2, -0.15) is 5.10 Å².